The molecule has 3 N–H and O–H groups in total. The molecule has 160 valence electrons. The predicted octanol–water partition coefficient (Wildman–Crippen LogP) is 2.80. The van der Waals surface area contributed by atoms with E-state index in [9.17, 15) is 9.59 Å². The number of nitrogens with two attached hydrogens (primary N) is 1. The lowest BCUT2D eigenvalue weighted by molar-refractivity contribution is -0.123. The van der Waals surface area contributed by atoms with Crippen LogP contribution in [0.4, 0.5) is 10.5 Å². The van der Waals surface area contributed by atoms with Crippen LogP contribution in [0.3, 0.4) is 0 Å². The zero-order valence-electron chi connectivity index (χ0n) is 17.8. The van der Waals surface area contributed by atoms with Crippen LogP contribution in [-0.4, -0.2) is 54.7 Å². The predicted molar refractivity (Wildman–Crippen MR) is 114 cm³/mol. The molecular formula is C22H34N4O3. The van der Waals surface area contributed by atoms with Crippen molar-refractivity contribution < 1.29 is 14.3 Å². The Labute approximate surface area is 173 Å². The maximum atomic E-state index is 13.0. The van der Waals surface area contributed by atoms with E-state index < -0.39 is 11.6 Å². The number of hydrogen-bond acceptors (Lipinski definition) is 5. The summed E-state index contributed by atoms with van der Waals surface area (Å²) in [5.74, 6) is -0.0489. The van der Waals surface area contributed by atoms with Gasteiger partial charge in [-0.25, -0.2) is 4.79 Å². The fourth-order valence-corrected chi connectivity index (χ4v) is 3.90. The van der Waals surface area contributed by atoms with Crippen LogP contribution in [0.1, 0.15) is 58.1 Å². The summed E-state index contributed by atoms with van der Waals surface area (Å²) in [4.78, 5) is 29.3. The Hall–Kier alpha value is -2.28. The molecule has 0 saturated carbocycles. The Morgan fingerprint density at radius 3 is 2.76 bits per heavy atom. The van der Waals surface area contributed by atoms with E-state index in [1.54, 1.807) is 4.90 Å². The normalized spacial score (nSPS) is 23.8. The van der Waals surface area contributed by atoms with Crippen LogP contribution in [0.15, 0.2) is 24.3 Å². The van der Waals surface area contributed by atoms with Crippen molar-refractivity contribution in [3.63, 3.8) is 0 Å². The molecule has 1 saturated heterocycles. The minimum absolute atomic E-state index is 0.000802. The summed E-state index contributed by atoms with van der Waals surface area (Å²) in [5.41, 5.74) is 7.91. The second-order valence-electron chi connectivity index (χ2n) is 8.98. The highest BCUT2D eigenvalue weighted by Crippen LogP contribution is 2.27. The lowest BCUT2D eigenvalue weighted by Gasteiger charge is -2.42. The highest BCUT2D eigenvalue weighted by atomic mass is 16.6. The molecule has 2 aliphatic rings. The van der Waals surface area contributed by atoms with Crippen LogP contribution in [0.5, 0.6) is 0 Å². The maximum absolute atomic E-state index is 13.0. The monoisotopic (exact) mass is 402 g/mol. The number of fused-ring (bicyclic) bond motifs is 4. The van der Waals surface area contributed by atoms with Gasteiger partial charge in [0.2, 0.25) is 5.91 Å². The molecule has 0 aliphatic carbocycles. The Kier molecular flexibility index (Phi) is 6.67. The third-order valence-electron chi connectivity index (χ3n) is 5.46. The first kappa shape index (κ1) is 21.4. The van der Waals surface area contributed by atoms with Gasteiger partial charge in [0.05, 0.1) is 6.54 Å². The van der Waals surface area contributed by atoms with Crippen molar-refractivity contribution in [2.75, 3.05) is 31.1 Å². The average Bonchev–Trinajstić information content (AvgIpc) is 2.68. The van der Waals surface area contributed by atoms with Crippen LogP contribution in [0.25, 0.3) is 0 Å². The van der Waals surface area contributed by atoms with Crippen LogP contribution in [-0.2, 0) is 9.53 Å². The molecule has 3 rings (SSSR count). The molecule has 7 heteroatoms. The molecule has 1 fully saturated rings. The number of amides is 2. The Balaban J connectivity index is 1.85. The topological polar surface area (TPSA) is 87.9 Å². The average molecular weight is 403 g/mol. The van der Waals surface area contributed by atoms with Gasteiger partial charge in [-0.15, -0.1) is 0 Å². The van der Waals surface area contributed by atoms with Crippen molar-refractivity contribution in [2.45, 2.75) is 64.1 Å². The summed E-state index contributed by atoms with van der Waals surface area (Å²) >= 11 is 0. The van der Waals surface area contributed by atoms with Crippen molar-refractivity contribution in [1.82, 2.24) is 10.2 Å². The van der Waals surface area contributed by atoms with Gasteiger partial charge in [-0.05, 0) is 51.3 Å². The SMILES string of the molecule is CC(C)(C)OC(=O)N1CCN2c3cccc(c3)C(N)CCCCCNC(=O)[C@H]2C1. The van der Waals surface area contributed by atoms with Crippen molar-refractivity contribution in [1.29, 1.82) is 0 Å². The number of carbonyl (C=O) groups is 2. The van der Waals surface area contributed by atoms with Gasteiger partial charge in [-0.3, -0.25) is 4.79 Å². The zero-order valence-corrected chi connectivity index (χ0v) is 17.8. The van der Waals surface area contributed by atoms with Crippen LogP contribution in [0, 0.1) is 0 Å². The Morgan fingerprint density at radius 2 is 2.00 bits per heavy atom. The van der Waals surface area contributed by atoms with Gasteiger partial charge < -0.3 is 25.6 Å². The van der Waals surface area contributed by atoms with E-state index in [-0.39, 0.29) is 18.0 Å². The Morgan fingerprint density at radius 1 is 1.21 bits per heavy atom. The smallest absolute Gasteiger partial charge is 0.410 e. The van der Waals surface area contributed by atoms with E-state index in [2.05, 4.69) is 22.3 Å². The summed E-state index contributed by atoms with van der Waals surface area (Å²) in [7, 11) is 0. The highest BCUT2D eigenvalue weighted by Gasteiger charge is 2.36. The first-order valence-corrected chi connectivity index (χ1v) is 10.6. The van der Waals surface area contributed by atoms with Gasteiger partial charge >= 0.3 is 6.09 Å². The van der Waals surface area contributed by atoms with Crippen molar-refractivity contribution in [3.05, 3.63) is 29.8 Å². The van der Waals surface area contributed by atoms with E-state index in [1.807, 2.05) is 32.9 Å². The lowest BCUT2D eigenvalue weighted by atomic mass is 10.00. The number of nitrogens with one attached hydrogen (secondary N) is 1. The molecule has 29 heavy (non-hydrogen) atoms. The van der Waals surface area contributed by atoms with Gasteiger partial charge in [0.15, 0.2) is 0 Å². The van der Waals surface area contributed by atoms with Gasteiger partial charge in [0.1, 0.15) is 11.6 Å². The number of nitrogens with zero attached hydrogens (tertiary/aromatic N) is 2. The second kappa shape index (κ2) is 9.03. The zero-order chi connectivity index (χ0) is 21.0. The minimum Gasteiger partial charge on any atom is -0.444 e. The Bertz CT molecular complexity index is 731. The first-order chi connectivity index (χ1) is 13.7. The number of ether oxygens (including phenoxy) is 1. The number of rotatable bonds is 0. The third kappa shape index (κ3) is 5.63. The molecule has 0 aromatic heterocycles. The molecule has 7 nitrogen and oxygen atoms in total. The largest absolute Gasteiger partial charge is 0.444 e. The summed E-state index contributed by atoms with van der Waals surface area (Å²) in [6.45, 7) is 7.56. The fraction of sp³-hybridized carbons (Fsp3) is 0.636. The molecule has 2 heterocycles. The van der Waals surface area contributed by atoms with Gasteiger partial charge in [0, 0.05) is 31.4 Å². The number of carbonyl (C=O) groups excluding carboxylic acids is 2. The van der Waals surface area contributed by atoms with Crippen LogP contribution in [0.2, 0.25) is 0 Å². The quantitative estimate of drug-likeness (QED) is 0.697. The molecule has 1 aromatic rings. The van der Waals surface area contributed by atoms with Crippen LogP contribution < -0.4 is 16.0 Å². The lowest BCUT2D eigenvalue weighted by Crippen LogP contribution is -2.60. The molecule has 0 spiro atoms. The summed E-state index contributed by atoms with van der Waals surface area (Å²) < 4.78 is 5.52. The fourth-order valence-electron chi connectivity index (χ4n) is 3.90. The maximum Gasteiger partial charge on any atom is 0.410 e. The molecule has 2 atom stereocenters. The number of benzene rings is 1. The van der Waals surface area contributed by atoms with E-state index in [1.165, 1.54) is 0 Å². The van der Waals surface area contributed by atoms with E-state index in [4.69, 9.17) is 10.5 Å². The van der Waals surface area contributed by atoms with E-state index in [0.29, 0.717) is 26.2 Å². The van der Waals surface area contributed by atoms with E-state index in [0.717, 1.165) is 36.9 Å². The van der Waals surface area contributed by atoms with E-state index >= 15 is 0 Å². The summed E-state index contributed by atoms with van der Waals surface area (Å²) in [6.07, 6.45) is 3.57. The molecule has 2 aliphatic heterocycles. The minimum atomic E-state index is -0.564. The first-order valence-electron chi connectivity index (χ1n) is 10.6. The molecule has 1 unspecified atom stereocenters. The van der Waals surface area contributed by atoms with Crippen molar-refractivity contribution >= 4 is 17.7 Å². The second-order valence-corrected chi connectivity index (χ2v) is 8.98. The standard InChI is InChI=1S/C22H34N4O3/c1-22(2,3)29-21(28)25-12-13-26-17-9-7-8-16(14-17)18(23)10-5-4-6-11-24-20(27)19(26)15-25/h7-9,14,18-19H,4-6,10-13,15,23H2,1-3H3,(H,24,27)/t18?,19-/m1/s1. The van der Waals surface area contributed by atoms with Gasteiger partial charge in [0.25, 0.3) is 0 Å². The summed E-state index contributed by atoms with van der Waals surface area (Å²) in [6, 6.07) is 7.70. The third-order valence-corrected chi connectivity index (χ3v) is 5.46. The number of anilines is 1. The van der Waals surface area contributed by atoms with Gasteiger partial charge in [-0.2, -0.15) is 0 Å². The summed E-state index contributed by atoms with van der Waals surface area (Å²) in [5, 5.41) is 3.06. The molecule has 0 radical (unpaired) electrons. The molecule has 1 aromatic carbocycles. The number of hydrogen-bond donors (Lipinski definition) is 2. The van der Waals surface area contributed by atoms with Crippen molar-refractivity contribution in [2.24, 2.45) is 5.73 Å². The van der Waals surface area contributed by atoms with Crippen molar-refractivity contribution in [3.8, 4) is 0 Å². The van der Waals surface area contributed by atoms with Gasteiger partial charge in [-0.1, -0.05) is 25.0 Å². The number of piperazine rings is 1. The molecular weight excluding hydrogens is 368 g/mol. The van der Waals surface area contributed by atoms with Crippen LogP contribution >= 0.6 is 0 Å². The highest BCUT2D eigenvalue weighted by molar-refractivity contribution is 5.86. The molecule has 2 bridgehead atoms. The molecule has 2 amide bonds.